The van der Waals surface area contributed by atoms with Crippen molar-refractivity contribution in [2.75, 3.05) is 0 Å². The first-order chi connectivity index (χ1) is 13.8. The first-order valence-corrected chi connectivity index (χ1v) is 12.1. The Morgan fingerprint density at radius 1 is 0.567 bits per heavy atom. The van der Waals surface area contributed by atoms with Gasteiger partial charge in [0, 0.05) is 12.4 Å². The lowest BCUT2D eigenvalue weighted by atomic mass is 10.1. The fourth-order valence-corrected chi connectivity index (χ4v) is 7.38. The van der Waals surface area contributed by atoms with Crippen LogP contribution in [0.2, 0.25) is 0 Å². The summed E-state index contributed by atoms with van der Waals surface area (Å²) in [6.07, 6.45) is 1.96. The van der Waals surface area contributed by atoms with Crippen LogP contribution in [0.25, 0.3) is 0 Å². The second-order valence-corrected chi connectivity index (χ2v) is 11.1. The normalized spacial score (nSPS) is 12.3. The van der Waals surface area contributed by atoms with Gasteiger partial charge in [0.25, 0.3) is 20.0 Å². The van der Waals surface area contributed by atoms with Crippen LogP contribution in [-0.4, -0.2) is 24.8 Å². The van der Waals surface area contributed by atoms with Crippen molar-refractivity contribution >= 4 is 20.0 Å². The summed E-state index contributed by atoms with van der Waals surface area (Å²) in [6, 6.07) is 6.82. The molecule has 9 heteroatoms. The fraction of sp³-hybridized carbons (Fsp3) is 0.286. The molecule has 0 saturated heterocycles. The standard InChI is InChI=1S/C21H24N2O5S2/c1-13-9-15(3)19(16(4)10-13)29(25,26)22-7-8-23(21(22)24)30(27,28)20-17(5)11-14(2)12-18(20)6/h7-12H,1-6H3. The van der Waals surface area contributed by atoms with Crippen molar-refractivity contribution in [3.05, 3.63) is 80.5 Å². The minimum atomic E-state index is -4.28. The van der Waals surface area contributed by atoms with Gasteiger partial charge in [0.15, 0.2) is 0 Å². The molecule has 2 aromatic carbocycles. The molecule has 0 aliphatic heterocycles. The van der Waals surface area contributed by atoms with E-state index in [4.69, 9.17) is 0 Å². The highest BCUT2D eigenvalue weighted by Gasteiger charge is 2.30. The topological polar surface area (TPSA) is 95.2 Å². The average molecular weight is 449 g/mol. The molecule has 1 aromatic heterocycles. The number of imidazole rings is 1. The van der Waals surface area contributed by atoms with Crippen molar-refractivity contribution in [3.63, 3.8) is 0 Å². The Hall–Kier alpha value is -2.65. The van der Waals surface area contributed by atoms with Crippen molar-refractivity contribution in [3.8, 4) is 0 Å². The van der Waals surface area contributed by atoms with Gasteiger partial charge in [0.1, 0.15) is 0 Å². The number of nitrogens with zero attached hydrogens (tertiary/aromatic N) is 2. The molecule has 0 N–H and O–H groups in total. The van der Waals surface area contributed by atoms with Gasteiger partial charge in [0.2, 0.25) is 0 Å². The number of rotatable bonds is 4. The van der Waals surface area contributed by atoms with Gasteiger partial charge in [-0.1, -0.05) is 35.4 Å². The quantitative estimate of drug-likeness (QED) is 0.611. The number of aromatic nitrogens is 2. The zero-order valence-electron chi connectivity index (χ0n) is 17.7. The zero-order chi connectivity index (χ0) is 22.6. The lowest BCUT2D eigenvalue weighted by Gasteiger charge is -2.13. The molecular formula is C21H24N2O5S2. The highest BCUT2D eigenvalue weighted by molar-refractivity contribution is 7.90. The molecule has 7 nitrogen and oxygen atoms in total. The van der Waals surface area contributed by atoms with Gasteiger partial charge >= 0.3 is 5.69 Å². The van der Waals surface area contributed by atoms with E-state index in [1.54, 1.807) is 52.0 Å². The molecule has 3 aromatic rings. The maximum absolute atomic E-state index is 13.2. The Bertz CT molecular complexity index is 1290. The molecule has 0 amide bonds. The maximum atomic E-state index is 13.2. The van der Waals surface area contributed by atoms with Crippen LogP contribution < -0.4 is 5.69 Å². The third-order valence-electron chi connectivity index (χ3n) is 4.96. The fourth-order valence-electron chi connectivity index (χ4n) is 4.06. The molecule has 0 aliphatic carbocycles. The predicted molar refractivity (Wildman–Crippen MR) is 115 cm³/mol. The van der Waals surface area contributed by atoms with Gasteiger partial charge in [-0.3, -0.25) is 0 Å². The van der Waals surface area contributed by atoms with E-state index in [0.29, 0.717) is 30.2 Å². The Morgan fingerprint density at radius 3 is 1.10 bits per heavy atom. The summed E-state index contributed by atoms with van der Waals surface area (Å²) in [4.78, 5) is 12.9. The lowest BCUT2D eigenvalue weighted by Crippen LogP contribution is -2.33. The largest absolute Gasteiger partial charge is 0.356 e. The van der Waals surface area contributed by atoms with Crippen LogP contribution >= 0.6 is 0 Å². The minimum absolute atomic E-state index is 0.00644. The van der Waals surface area contributed by atoms with Gasteiger partial charge in [-0.15, -0.1) is 0 Å². The number of hydrogen-bond acceptors (Lipinski definition) is 5. The first kappa shape index (κ1) is 22.0. The molecular weight excluding hydrogens is 424 g/mol. The number of benzene rings is 2. The molecule has 0 saturated carbocycles. The molecule has 30 heavy (non-hydrogen) atoms. The third kappa shape index (κ3) is 3.41. The number of aryl methyl sites for hydroxylation is 6. The van der Waals surface area contributed by atoms with E-state index < -0.39 is 25.7 Å². The molecule has 0 aliphatic rings. The van der Waals surface area contributed by atoms with Gasteiger partial charge in [-0.25, -0.2) is 21.6 Å². The van der Waals surface area contributed by atoms with Crippen LogP contribution in [0, 0.1) is 41.5 Å². The molecule has 0 unspecified atom stereocenters. The summed E-state index contributed by atoms with van der Waals surface area (Å²) in [5, 5.41) is 0. The van der Waals surface area contributed by atoms with E-state index in [1.165, 1.54) is 0 Å². The Balaban J connectivity index is 2.25. The van der Waals surface area contributed by atoms with Crippen LogP contribution in [0.15, 0.2) is 51.2 Å². The smallest absolute Gasteiger partial charge is 0.245 e. The summed E-state index contributed by atoms with van der Waals surface area (Å²) in [5.41, 5.74) is 2.57. The zero-order valence-corrected chi connectivity index (χ0v) is 19.3. The Morgan fingerprint density at radius 2 is 0.833 bits per heavy atom. The van der Waals surface area contributed by atoms with E-state index in [9.17, 15) is 21.6 Å². The number of hydrogen-bond donors (Lipinski definition) is 0. The van der Waals surface area contributed by atoms with Crippen molar-refractivity contribution < 1.29 is 16.8 Å². The van der Waals surface area contributed by atoms with E-state index in [1.807, 2.05) is 13.8 Å². The van der Waals surface area contributed by atoms with Crippen LogP contribution in [0.4, 0.5) is 0 Å². The summed E-state index contributed by atoms with van der Waals surface area (Å²) >= 11 is 0. The van der Waals surface area contributed by atoms with Gasteiger partial charge in [0.05, 0.1) is 9.79 Å². The summed E-state index contributed by atoms with van der Waals surface area (Å²) < 4.78 is 53.8. The van der Waals surface area contributed by atoms with Crippen LogP contribution in [0.3, 0.4) is 0 Å². The van der Waals surface area contributed by atoms with Crippen molar-refractivity contribution in [2.24, 2.45) is 0 Å². The molecule has 0 radical (unpaired) electrons. The van der Waals surface area contributed by atoms with E-state index in [0.717, 1.165) is 23.5 Å². The summed E-state index contributed by atoms with van der Waals surface area (Å²) in [5.74, 6) is 0. The highest BCUT2D eigenvalue weighted by Crippen LogP contribution is 2.25. The second kappa shape index (κ2) is 7.24. The molecule has 0 bridgehead atoms. The maximum Gasteiger partial charge on any atom is 0.356 e. The summed E-state index contributed by atoms with van der Waals surface area (Å²) in [7, 11) is -8.55. The lowest BCUT2D eigenvalue weighted by molar-refractivity contribution is 0.579. The molecule has 3 rings (SSSR count). The van der Waals surface area contributed by atoms with Crippen LogP contribution in [0.5, 0.6) is 0 Å². The molecule has 0 spiro atoms. The van der Waals surface area contributed by atoms with Gasteiger partial charge in [-0.05, 0) is 63.8 Å². The van der Waals surface area contributed by atoms with E-state index in [-0.39, 0.29) is 9.79 Å². The Labute approximate surface area is 176 Å². The molecule has 160 valence electrons. The average Bonchev–Trinajstić information content (AvgIpc) is 2.95. The molecule has 0 atom stereocenters. The minimum Gasteiger partial charge on any atom is -0.245 e. The highest BCUT2D eigenvalue weighted by atomic mass is 32.2. The molecule has 1 heterocycles. The third-order valence-corrected chi connectivity index (χ3v) is 8.87. The van der Waals surface area contributed by atoms with Gasteiger partial charge < -0.3 is 0 Å². The van der Waals surface area contributed by atoms with Crippen LogP contribution in [0.1, 0.15) is 33.4 Å². The van der Waals surface area contributed by atoms with Crippen molar-refractivity contribution in [1.82, 2.24) is 7.94 Å². The van der Waals surface area contributed by atoms with Crippen LogP contribution in [-0.2, 0) is 20.0 Å². The summed E-state index contributed by atoms with van der Waals surface area (Å²) in [6.45, 7) is 10.3. The first-order valence-electron chi connectivity index (χ1n) is 9.25. The monoisotopic (exact) mass is 448 g/mol. The van der Waals surface area contributed by atoms with E-state index in [2.05, 4.69) is 0 Å². The second-order valence-electron chi connectivity index (χ2n) is 7.64. The van der Waals surface area contributed by atoms with Crippen molar-refractivity contribution in [2.45, 2.75) is 51.3 Å². The van der Waals surface area contributed by atoms with E-state index >= 15 is 0 Å². The van der Waals surface area contributed by atoms with Gasteiger partial charge in [-0.2, -0.15) is 7.94 Å². The Kier molecular flexibility index (Phi) is 5.32. The predicted octanol–water partition coefficient (Wildman–Crippen LogP) is 2.97. The van der Waals surface area contributed by atoms with Crippen molar-refractivity contribution in [1.29, 1.82) is 0 Å². The molecule has 0 fully saturated rings. The SMILES string of the molecule is Cc1cc(C)c(S(=O)(=O)n2ccn(S(=O)(=O)c3c(C)cc(C)cc3C)c2=O)c(C)c1.